The van der Waals surface area contributed by atoms with Crippen LogP contribution in [0.5, 0.6) is 23.0 Å². The largest absolute Gasteiger partial charge is 0.573 e. The molecule has 0 aromatic heterocycles. The van der Waals surface area contributed by atoms with Crippen molar-refractivity contribution in [1.82, 2.24) is 4.72 Å². The molecule has 1 aliphatic rings. The summed E-state index contributed by atoms with van der Waals surface area (Å²) in [4.78, 5) is -0.217. The number of ether oxygens (including phenoxy) is 4. The quantitative estimate of drug-likeness (QED) is 0.711. The second-order valence-corrected chi connectivity index (χ2v) is 7.27. The molecule has 1 N–H and O–H groups in total. The Labute approximate surface area is 164 Å². The third-order valence-corrected chi connectivity index (χ3v) is 4.92. The summed E-state index contributed by atoms with van der Waals surface area (Å²) >= 11 is 0. The maximum Gasteiger partial charge on any atom is 0.573 e. The Morgan fingerprint density at radius 2 is 1.69 bits per heavy atom. The summed E-state index contributed by atoms with van der Waals surface area (Å²) in [5.41, 5.74) is 0. The van der Waals surface area contributed by atoms with Crippen LogP contribution < -0.4 is 23.7 Å². The summed E-state index contributed by atoms with van der Waals surface area (Å²) in [5.74, 6) is 6.41. The van der Waals surface area contributed by atoms with E-state index in [1.807, 2.05) is 0 Å². The van der Waals surface area contributed by atoms with Gasteiger partial charge in [-0.15, -0.1) is 13.2 Å². The van der Waals surface area contributed by atoms with E-state index in [1.165, 1.54) is 0 Å². The lowest BCUT2D eigenvalue weighted by atomic mass is 10.3. The number of fused-ring (bicyclic) bond motifs is 1. The molecule has 29 heavy (non-hydrogen) atoms. The van der Waals surface area contributed by atoms with Crippen molar-refractivity contribution in [1.29, 1.82) is 0 Å². The van der Waals surface area contributed by atoms with Gasteiger partial charge in [-0.2, -0.15) is 4.72 Å². The third-order valence-electron chi connectivity index (χ3n) is 3.50. The zero-order chi connectivity index (χ0) is 20.9. The first-order chi connectivity index (χ1) is 13.7. The molecule has 0 saturated carbocycles. The van der Waals surface area contributed by atoms with E-state index in [9.17, 15) is 21.6 Å². The fourth-order valence-corrected chi connectivity index (χ4v) is 3.16. The van der Waals surface area contributed by atoms with Gasteiger partial charge in [-0.25, -0.2) is 8.42 Å². The van der Waals surface area contributed by atoms with Crippen molar-refractivity contribution in [2.45, 2.75) is 11.3 Å². The van der Waals surface area contributed by atoms with Crippen molar-refractivity contribution >= 4 is 10.0 Å². The highest BCUT2D eigenvalue weighted by Crippen LogP contribution is 2.35. The molecule has 0 unspecified atom stereocenters. The molecule has 1 heterocycles. The SMILES string of the molecule is O=S(=O)(NCC#CCOc1ccc2c(c1)OCO2)c1ccc(OC(F)(F)F)cc1. The van der Waals surface area contributed by atoms with Gasteiger partial charge in [-0.05, 0) is 36.4 Å². The van der Waals surface area contributed by atoms with Gasteiger partial charge in [0.05, 0.1) is 11.4 Å². The van der Waals surface area contributed by atoms with Crippen molar-refractivity contribution in [2.75, 3.05) is 19.9 Å². The van der Waals surface area contributed by atoms with Crippen LogP contribution in [0.1, 0.15) is 0 Å². The van der Waals surface area contributed by atoms with Crippen LogP contribution in [0.25, 0.3) is 0 Å². The number of benzene rings is 2. The molecule has 2 aromatic carbocycles. The highest BCUT2D eigenvalue weighted by molar-refractivity contribution is 7.89. The zero-order valence-corrected chi connectivity index (χ0v) is 15.5. The van der Waals surface area contributed by atoms with E-state index < -0.39 is 22.1 Å². The molecule has 0 amide bonds. The van der Waals surface area contributed by atoms with Crippen LogP contribution in [-0.4, -0.2) is 34.7 Å². The maximum atomic E-state index is 12.1. The van der Waals surface area contributed by atoms with E-state index in [-0.39, 0.29) is 24.8 Å². The first-order valence-electron chi connectivity index (χ1n) is 8.07. The smallest absolute Gasteiger partial charge is 0.481 e. The molecular formula is C18H14F3NO6S. The molecule has 0 spiro atoms. The van der Waals surface area contributed by atoms with Gasteiger partial charge in [0, 0.05) is 6.07 Å². The van der Waals surface area contributed by atoms with Gasteiger partial charge in [0.1, 0.15) is 18.1 Å². The molecule has 11 heteroatoms. The summed E-state index contributed by atoms with van der Waals surface area (Å²) in [6.45, 7) is -0.0324. The second kappa shape index (κ2) is 8.50. The summed E-state index contributed by atoms with van der Waals surface area (Å²) in [5, 5.41) is 0. The molecule has 1 aliphatic heterocycles. The minimum Gasteiger partial charge on any atom is -0.481 e. The summed E-state index contributed by atoms with van der Waals surface area (Å²) in [6.07, 6.45) is -4.85. The summed E-state index contributed by atoms with van der Waals surface area (Å²) < 4.78 is 82.3. The van der Waals surface area contributed by atoms with E-state index >= 15 is 0 Å². The normalized spacial score (nSPS) is 12.8. The van der Waals surface area contributed by atoms with Crippen LogP contribution in [0.3, 0.4) is 0 Å². The molecule has 0 aliphatic carbocycles. The van der Waals surface area contributed by atoms with Gasteiger partial charge in [0.15, 0.2) is 11.5 Å². The lowest BCUT2D eigenvalue weighted by Crippen LogP contribution is -2.24. The van der Waals surface area contributed by atoms with Crippen LogP contribution in [0.15, 0.2) is 47.4 Å². The molecule has 0 fully saturated rings. The molecule has 7 nitrogen and oxygen atoms in total. The second-order valence-electron chi connectivity index (χ2n) is 5.50. The Bertz CT molecular complexity index is 1030. The molecule has 0 atom stereocenters. The average Bonchev–Trinajstić information content (AvgIpc) is 3.11. The first-order valence-corrected chi connectivity index (χ1v) is 9.55. The predicted molar refractivity (Wildman–Crippen MR) is 94.1 cm³/mol. The van der Waals surface area contributed by atoms with E-state index in [0.29, 0.717) is 17.2 Å². The summed E-state index contributed by atoms with van der Waals surface area (Å²) in [7, 11) is -3.93. The maximum absolute atomic E-state index is 12.1. The van der Waals surface area contributed by atoms with Gasteiger partial charge in [0.2, 0.25) is 16.8 Å². The van der Waals surface area contributed by atoms with Crippen LogP contribution in [0.4, 0.5) is 13.2 Å². The van der Waals surface area contributed by atoms with Gasteiger partial charge >= 0.3 is 6.36 Å². The van der Waals surface area contributed by atoms with Gasteiger partial charge < -0.3 is 18.9 Å². The molecular weight excluding hydrogens is 415 g/mol. The van der Waals surface area contributed by atoms with Crippen LogP contribution in [-0.2, 0) is 10.0 Å². The van der Waals surface area contributed by atoms with Crippen molar-refractivity contribution in [3.05, 3.63) is 42.5 Å². The van der Waals surface area contributed by atoms with Gasteiger partial charge in [-0.3, -0.25) is 0 Å². The number of hydrogen-bond acceptors (Lipinski definition) is 6. The minimum atomic E-state index is -4.85. The Morgan fingerprint density at radius 3 is 2.41 bits per heavy atom. The van der Waals surface area contributed by atoms with Crippen LogP contribution in [0, 0.1) is 11.8 Å². The van der Waals surface area contributed by atoms with Gasteiger partial charge in [-0.1, -0.05) is 11.8 Å². The van der Waals surface area contributed by atoms with Crippen molar-refractivity contribution in [3.63, 3.8) is 0 Å². The van der Waals surface area contributed by atoms with E-state index in [4.69, 9.17) is 14.2 Å². The standard InChI is InChI=1S/C18H14F3NO6S/c19-18(20,21)28-13-3-6-15(7-4-13)29(23,24)22-9-1-2-10-25-14-5-8-16-17(11-14)27-12-26-16/h3-8,11,22H,9-10,12H2. The third kappa shape index (κ3) is 5.94. The predicted octanol–water partition coefficient (Wildman–Crippen LogP) is 2.67. The molecule has 2 aromatic rings. The fraction of sp³-hybridized carbons (Fsp3) is 0.222. The minimum absolute atomic E-state index is 0.0187. The molecule has 3 rings (SSSR count). The van der Waals surface area contributed by atoms with Gasteiger partial charge in [0.25, 0.3) is 0 Å². The lowest BCUT2D eigenvalue weighted by Gasteiger charge is -2.09. The number of nitrogens with one attached hydrogen (secondary N) is 1. The fourth-order valence-electron chi connectivity index (χ4n) is 2.23. The zero-order valence-electron chi connectivity index (χ0n) is 14.7. The van der Waals surface area contributed by atoms with E-state index in [0.717, 1.165) is 24.3 Å². The lowest BCUT2D eigenvalue weighted by molar-refractivity contribution is -0.274. The molecule has 154 valence electrons. The number of halogens is 3. The number of rotatable bonds is 6. The van der Waals surface area contributed by atoms with Crippen molar-refractivity contribution in [3.8, 4) is 34.8 Å². The van der Waals surface area contributed by atoms with Crippen molar-refractivity contribution in [2.24, 2.45) is 0 Å². The Balaban J connectivity index is 1.47. The van der Waals surface area contributed by atoms with E-state index in [2.05, 4.69) is 21.3 Å². The van der Waals surface area contributed by atoms with Crippen LogP contribution >= 0.6 is 0 Å². The Hall–Kier alpha value is -3.10. The number of alkyl halides is 3. The van der Waals surface area contributed by atoms with Crippen molar-refractivity contribution < 1.29 is 40.5 Å². The highest BCUT2D eigenvalue weighted by Gasteiger charge is 2.31. The number of hydrogen-bond donors (Lipinski definition) is 1. The Kier molecular flexibility index (Phi) is 6.05. The average molecular weight is 429 g/mol. The van der Waals surface area contributed by atoms with Crippen LogP contribution in [0.2, 0.25) is 0 Å². The molecule has 0 saturated heterocycles. The Morgan fingerprint density at radius 1 is 1.00 bits per heavy atom. The van der Waals surface area contributed by atoms with E-state index in [1.54, 1.807) is 18.2 Å². The number of sulfonamides is 1. The monoisotopic (exact) mass is 429 g/mol. The molecule has 0 bridgehead atoms. The molecule has 0 radical (unpaired) electrons. The summed E-state index contributed by atoms with van der Waals surface area (Å²) in [6, 6.07) is 8.85. The topological polar surface area (TPSA) is 83.1 Å². The highest BCUT2D eigenvalue weighted by atomic mass is 32.2. The first kappa shape index (κ1) is 20.6.